The molecule has 0 aliphatic rings. The standard InChI is InChI=1S/C11H15ClFN/c1-9(6-12)7-14-8-10-4-2-3-5-11(10)13/h2-5,9,14H,6-8H2,1H3. The minimum Gasteiger partial charge on any atom is -0.312 e. The molecule has 0 bridgehead atoms. The van der Waals surface area contributed by atoms with E-state index >= 15 is 0 Å². The minimum absolute atomic E-state index is 0.154. The Kier molecular flexibility index (Phi) is 4.91. The van der Waals surface area contributed by atoms with Crippen molar-refractivity contribution >= 4 is 11.6 Å². The molecule has 3 heteroatoms. The first-order valence-corrected chi connectivity index (χ1v) is 5.27. The third-order valence-electron chi connectivity index (χ3n) is 2.03. The number of halogens is 2. The summed E-state index contributed by atoms with van der Waals surface area (Å²) >= 11 is 5.65. The molecule has 1 rings (SSSR count). The highest BCUT2D eigenvalue weighted by molar-refractivity contribution is 6.18. The second-order valence-electron chi connectivity index (χ2n) is 3.48. The third-order valence-corrected chi connectivity index (χ3v) is 2.56. The number of nitrogens with one attached hydrogen (secondary N) is 1. The molecular formula is C11H15ClFN. The zero-order valence-corrected chi connectivity index (χ0v) is 9.02. The van der Waals surface area contributed by atoms with Gasteiger partial charge in [0.15, 0.2) is 0 Å². The van der Waals surface area contributed by atoms with Gasteiger partial charge in [0.1, 0.15) is 5.82 Å². The van der Waals surface area contributed by atoms with Gasteiger partial charge in [0.25, 0.3) is 0 Å². The normalized spacial score (nSPS) is 12.8. The summed E-state index contributed by atoms with van der Waals surface area (Å²) in [6, 6.07) is 6.79. The summed E-state index contributed by atoms with van der Waals surface area (Å²) in [4.78, 5) is 0. The monoisotopic (exact) mass is 215 g/mol. The van der Waals surface area contributed by atoms with E-state index in [1.165, 1.54) is 6.07 Å². The molecule has 1 aromatic carbocycles. The summed E-state index contributed by atoms with van der Waals surface area (Å²) in [5.74, 6) is 0.895. The van der Waals surface area contributed by atoms with Gasteiger partial charge in [-0.15, -0.1) is 11.6 Å². The third kappa shape index (κ3) is 3.64. The predicted octanol–water partition coefficient (Wildman–Crippen LogP) is 2.79. The zero-order chi connectivity index (χ0) is 10.4. The summed E-state index contributed by atoms with van der Waals surface area (Å²) in [6.07, 6.45) is 0. The topological polar surface area (TPSA) is 12.0 Å². The molecule has 0 amide bonds. The molecule has 0 heterocycles. The van der Waals surface area contributed by atoms with Gasteiger partial charge in [-0.1, -0.05) is 25.1 Å². The number of hydrogen-bond donors (Lipinski definition) is 1. The predicted molar refractivity (Wildman–Crippen MR) is 58.0 cm³/mol. The van der Waals surface area contributed by atoms with Gasteiger partial charge in [0.2, 0.25) is 0 Å². The van der Waals surface area contributed by atoms with E-state index in [1.54, 1.807) is 12.1 Å². The van der Waals surface area contributed by atoms with Gasteiger partial charge in [-0.2, -0.15) is 0 Å². The Bertz CT molecular complexity index is 278. The molecule has 1 N–H and O–H groups in total. The van der Waals surface area contributed by atoms with Gasteiger partial charge >= 0.3 is 0 Å². The van der Waals surface area contributed by atoms with Crippen LogP contribution in [0.2, 0.25) is 0 Å². The smallest absolute Gasteiger partial charge is 0.127 e. The lowest BCUT2D eigenvalue weighted by Gasteiger charge is -2.09. The molecule has 0 saturated heterocycles. The first-order chi connectivity index (χ1) is 6.74. The number of hydrogen-bond acceptors (Lipinski definition) is 1. The molecule has 1 unspecified atom stereocenters. The number of alkyl halides is 1. The molecule has 14 heavy (non-hydrogen) atoms. The van der Waals surface area contributed by atoms with Crippen molar-refractivity contribution in [3.8, 4) is 0 Å². The lowest BCUT2D eigenvalue weighted by molar-refractivity contribution is 0.538. The van der Waals surface area contributed by atoms with Crippen molar-refractivity contribution in [2.24, 2.45) is 5.92 Å². The van der Waals surface area contributed by atoms with Crippen molar-refractivity contribution in [2.75, 3.05) is 12.4 Å². The Morgan fingerprint density at radius 2 is 2.14 bits per heavy atom. The highest BCUT2D eigenvalue weighted by Gasteiger charge is 2.01. The zero-order valence-electron chi connectivity index (χ0n) is 8.26. The minimum atomic E-state index is -0.154. The summed E-state index contributed by atoms with van der Waals surface area (Å²) in [7, 11) is 0. The Morgan fingerprint density at radius 1 is 1.43 bits per heavy atom. The Labute approximate surface area is 89.3 Å². The van der Waals surface area contributed by atoms with E-state index in [4.69, 9.17) is 11.6 Å². The maximum Gasteiger partial charge on any atom is 0.127 e. The lowest BCUT2D eigenvalue weighted by Crippen LogP contribution is -2.22. The van der Waals surface area contributed by atoms with E-state index in [9.17, 15) is 4.39 Å². The molecule has 0 fully saturated rings. The van der Waals surface area contributed by atoms with Crippen molar-refractivity contribution < 1.29 is 4.39 Å². The highest BCUT2D eigenvalue weighted by Crippen LogP contribution is 2.05. The Morgan fingerprint density at radius 3 is 2.79 bits per heavy atom. The van der Waals surface area contributed by atoms with Crippen LogP contribution in [0.5, 0.6) is 0 Å². The first-order valence-electron chi connectivity index (χ1n) is 4.74. The molecule has 0 saturated carbocycles. The second-order valence-corrected chi connectivity index (χ2v) is 3.79. The van der Waals surface area contributed by atoms with Crippen LogP contribution in [-0.4, -0.2) is 12.4 Å². The van der Waals surface area contributed by atoms with Gasteiger partial charge in [0.05, 0.1) is 0 Å². The van der Waals surface area contributed by atoms with Crippen molar-refractivity contribution in [1.82, 2.24) is 5.32 Å². The second kappa shape index (κ2) is 5.99. The molecule has 78 valence electrons. The summed E-state index contributed by atoms with van der Waals surface area (Å²) in [5.41, 5.74) is 0.703. The van der Waals surface area contributed by atoms with Gasteiger partial charge in [-0.3, -0.25) is 0 Å². The number of benzene rings is 1. The SMILES string of the molecule is CC(CCl)CNCc1ccccc1F. The first kappa shape index (κ1) is 11.5. The lowest BCUT2D eigenvalue weighted by atomic mass is 10.2. The molecule has 1 aromatic rings. The van der Waals surface area contributed by atoms with E-state index < -0.39 is 0 Å². The van der Waals surface area contributed by atoms with E-state index in [-0.39, 0.29) is 5.82 Å². The average molecular weight is 216 g/mol. The molecule has 0 aliphatic carbocycles. The van der Waals surface area contributed by atoms with Crippen LogP contribution < -0.4 is 5.32 Å². The average Bonchev–Trinajstić information content (AvgIpc) is 2.20. The summed E-state index contributed by atoms with van der Waals surface area (Å²) < 4.78 is 13.1. The summed E-state index contributed by atoms with van der Waals surface area (Å²) in [5, 5.41) is 3.17. The molecule has 0 spiro atoms. The van der Waals surface area contributed by atoms with Crippen molar-refractivity contribution in [2.45, 2.75) is 13.5 Å². The van der Waals surface area contributed by atoms with Gasteiger partial charge < -0.3 is 5.32 Å². The van der Waals surface area contributed by atoms with Gasteiger partial charge in [0, 0.05) is 18.0 Å². The van der Waals surface area contributed by atoms with E-state index in [2.05, 4.69) is 12.2 Å². The Hall–Kier alpha value is -0.600. The molecule has 1 atom stereocenters. The van der Waals surface area contributed by atoms with Crippen LogP contribution in [0, 0.1) is 11.7 Å². The van der Waals surface area contributed by atoms with E-state index in [0.29, 0.717) is 23.9 Å². The quantitative estimate of drug-likeness (QED) is 0.745. The maximum absolute atomic E-state index is 13.1. The summed E-state index contributed by atoms with van der Waals surface area (Å²) in [6.45, 7) is 3.44. The highest BCUT2D eigenvalue weighted by atomic mass is 35.5. The van der Waals surface area contributed by atoms with Crippen molar-refractivity contribution in [3.63, 3.8) is 0 Å². The van der Waals surface area contributed by atoms with Crippen LogP contribution in [0.4, 0.5) is 4.39 Å². The van der Waals surface area contributed by atoms with Crippen LogP contribution in [0.15, 0.2) is 24.3 Å². The number of rotatable bonds is 5. The molecular weight excluding hydrogens is 201 g/mol. The largest absolute Gasteiger partial charge is 0.312 e. The van der Waals surface area contributed by atoms with Crippen molar-refractivity contribution in [3.05, 3.63) is 35.6 Å². The van der Waals surface area contributed by atoms with Gasteiger partial charge in [-0.25, -0.2) is 4.39 Å². The fourth-order valence-corrected chi connectivity index (χ4v) is 1.26. The Balaban J connectivity index is 2.35. The molecule has 0 aromatic heterocycles. The molecule has 0 aliphatic heterocycles. The molecule has 0 radical (unpaired) electrons. The van der Waals surface area contributed by atoms with Crippen LogP contribution in [0.1, 0.15) is 12.5 Å². The fraction of sp³-hybridized carbons (Fsp3) is 0.455. The van der Waals surface area contributed by atoms with Crippen LogP contribution in [0.25, 0.3) is 0 Å². The fourth-order valence-electron chi connectivity index (χ4n) is 1.15. The van der Waals surface area contributed by atoms with E-state index in [1.807, 2.05) is 6.07 Å². The van der Waals surface area contributed by atoms with E-state index in [0.717, 1.165) is 6.54 Å². The van der Waals surface area contributed by atoms with Crippen LogP contribution in [-0.2, 0) is 6.54 Å². The maximum atomic E-state index is 13.1. The van der Waals surface area contributed by atoms with Gasteiger partial charge in [-0.05, 0) is 18.5 Å². The van der Waals surface area contributed by atoms with Crippen LogP contribution >= 0.6 is 11.6 Å². The van der Waals surface area contributed by atoms with Crippen LogP contribution in [0.3, 0.4) is 0 Å². The molecule has 1 nitrogen and oxygen atoms in total. The van der Waals surface area contributed by atoms with Crippen molar-refractivity contribution in [1.29, 1.82) is 0 Å².